The molecule has 0 fully saturated rings. The molecule has 0 aliphatic heterocycles. The number of nitrogens with zero attached hydrogens (tertiary/aromatic N) is 1. The first kappa shape index (κ1) is 19.5. The van der Waals surface area contributed by atoms with Crippen molar-refractivity contribution in [1.29, 1.82) is 0 Å². The molecule has 1 aromatic carbocycles. The van der Waals surface area contributed by atoms with Crippen LogP contribution in [0.25, 0.3) is 0 Å². The number of rotatable bonds is 8. The number of carbonyl (C=O) groups excluding carboxylic acids is 1. The van der Waals surface area contributed by atoms with Gasteiger partial charge in [0.2, 0.25) is 0 Å². The third kappa shape index (κ3) is 8.00. The van der Waals surface area contributed by atoms with E-state index in [1.165, 1.54) is 5.56 Å². The highest BCUT2D eigenvalue weighted by Crippen LogP contribution is 2.10. The van der Waals surface area contributed by atoms with Gasteiger partial charge in [0.05, 0.1) is 0 Å². The molecule has 130 valence electrons. The molecule has 5 nitrogen and oxygen atoms in total. The second-order valence-electron chi connectivity index (χ2n) is 6.66. The van der Waals surface area contributed by atoms with E-state index in [0.29, 0.717) is 13.1 Å². The second kappa shape index (κ2) is 9.53. The van der Waals surface area contributed by atoms with Crippen LogP contribution in [0.4, 0.5) is 4.79 Å². The number of carbonyl (C=O) groups is 1. The Morgan fingerprint density at radius 1 is 1.30 bits per heavy atom. The quantitative estimate of drug-likeness (QED) is 0.772. The van der Waals surface area contributed by atoms with E-state index in [2.05, 4.69) is 29.3 Å². The first-order valence-corrected chi connectivity index (χ1v) is 8.30. The van der Waals surface area contributed by atoms with E-state index in [1.807, 2.05) is 39.0 Å². The van der Waals surface area contributed by atoms with Gasteiger partial charge in [-0.05, 0) is 39.3 Å². The Morgan fingerprint density at radius 2 is 1.96 bits per heavy atom. The van der Waals surface area contributed by atoms with Gasteiger partial charge < -0.3 is 15.8 Å². The number of amides is 1. The molecule has 0 aliphatic rings. The maximum Gasteiger partial charge on any atom is 0.407 e. The second-order valence-corrected chi connectivity index (χ2v) is 6.66. The molecule has 0 saturated carbocycles. The smallest absolute Gasteiger partial charge is 0.407 e. The van der Waals surface area contributed by atoms with Crippen molar-refractivity contribution in [2.75, 3.05) is 19.6 Å². The molecule has 1 rings (SSSR count). The van der Waals surface area contributed by atoms with Crippen LogP contribution in [-0.4, -0.2) is 42.3 Å². The van der Waals surface area contributed by atoms with Crippen molar-refractivity contribution < 1.29 is 9.53 Å². The van der Waals surface area contributed by atoms with Gasteiger partial charge in [-0.25, -0.2) is 4.79 Å². The lowest BCUT2D eigenvalue weighted by molar-refractivity contribution is 0.0521. The first-order valence-electron chi connectivity index (χ1n) is 8.30. The molecule has 0 radical (unpaired) electrons. The topological polar surface area (TPSA) is 67.6 Å². The van der Waals surface area contributed by atoms with Gasteiger partial charge in [-0.1, -0.05) is 37.3 Å². The molecule has 3 N–H and O–H groups in total. The van der Waals surface area contributed by atoms with Gasteiger partial charge in [0, 0.05) is 25.7 Å². The maximum absolute atomic E-state index is 11.7. The molecule has 0 heterocycles. The van der Waals surface area contributed by atoms with E-state index in [-0.39, 0.29) is 12.1 Å². The zero-order valence-corrected chi connectivity index (χ0v) is 14.8. The van der Waals surface area contributed by atoms with Crippen molar-refractivity contribution in [3.05, 3.63) is 35.9 Å². The summed E-state index contributed by atoms with van der Waals surface area (Å²) in [6, 6.07) is 10.6. The normalized spacial score (nSPS) is 13.0. The van der Waals surface area contributed by atoms with Crippen LogP contribution in [0.1, 0.15) is 39.7 Å². The van der Waals surface area contributed by atoms with E-state index >= 15 is 0 Å². The molecule has 0 spiro atoms. The first-order chi connectivity index (χ1) is 10.9. The van der Waals surface area contributed by atoms with Gasteiger partial charge >= 0.3 is 6.09 Å². The standard InChI is InChI=1S/C18H31N3O2/c1-5-21(14-15-9-7-6-8-10-15)16(13-19)11-12-20-17(22)23-18(2,3)4/h6-10,16H,5,11-14,19H2,1-4H3,(H,20,22). The largest absolute Gasteiger partial charge is 0.444 e. The van der Waals surface area contributed by atoms with Crippen LogP contribution < -0.4 is 11.1 Å². The fourth-order valence-electron chi connectivity index (χ4n) is 2.42. The van der Waals surface area contributed by atoms with Crippen molar-refractivity contribution in [1.82, 2.24) is 10.2 Å². The van der Waals surface area contributed by atoms with E-state index in [9.17, 15) is 4.79 Å². The van der Waals surface area contributed by atoms with Gasteiger partial charge in [-0.3, -0.25) is 4.90 Å². The zero-order valence-electron chi connectivity index (χ0n) is 14.8. The summed E-state index contributed by atoms with van der Waals surface area (Å²) < 4.78 is 5.24. The summed E-state index contributed by atoms with van der Waals surface area (Å²) in [5, 5.41) is 2.80. The van der Waals surface area contributed by atoms with Gasteiger partial charge in [0.15, 0.2) is 0 Å². The maximum atomic E-state index is 11.7. The number of likely N-dealkylation sites (N-methyl/N-ethyl adjacent to an activating group) is 1. The Hall–Kier alpha value is -1.59. The van der Waals surface area contributed by atoms with Crippen molar-refractivity contribution in [2.24, 2.45) is 5.73 Å². The fraction of sp³-hybridized carbons (Fsp3) is 0.611. The fourth-order valence-corrected chi connectivity index (χ4v) is 2.42. The summed E-state index contributed by atoms with van der Waals surface area (Å²) in [7, 11) is 0. The third-order valence-corrected chi connectivity index (χ3v) is 3.57. The lowest BCUT2D eigenvalue weighted by Crippen LogP contribution is -2.43. The summed E-state index contributed by atoms with van der Waals surface area (Å²) in [4.78, 5) is 14.0. The Bertz CT molecular complexity index is 457. The number of hydrogen-bond acceptors (Lipinski definition) is 4. The average Bonchev–Trinajstić information content (AvgIpc) is 2.49. The minimum absolute atomic E-state index is 0.232. The summed E-state index contributed by atoms with van der Waals surface area (Å²) in [5.41, 5.74) is 6.74. The van der Waals surface area contributed by atoms with E-state index < -0.39 is 5.60 Å². The number of alkyl carbamates (subject to hydrolysis) is 1. The molecule has 1 amide bonds. The van der Waals surface area contributed by atoms with Crippen LogP contribution in [0.3, 0.4) is 0 Å². The highest BCUT2D eigenvalue weighted by Gasteiger charge is 2.18. The lowest BCUT2D eigenvalue weighted by atomic mass is 10.1. The molecule has 1 aromatic rings. The molecule has 0 aliphatic carbocycles. The van der Waals surface area contributed by atoms with Crippen LogP contribution >= 0.6 is 0 Å². The van der Waals surface area contributed by atoms with Crippen LogP contribution in [0.2, 0.25) is 0 Å². The van der Waals surface area contributed by atoms with Gasteiger partial charge in [0.25, 0.3) is 0 Å². The lowest BCUT2D eigenvalue weighted by Gasteiger charge is -2.30. The molecule has 1 atom stereocenters. The van der Waals surface area contributed by atoms with Crippen molar-refractivity contribution in [3.63, 3.8) is 0 Å². The molecular weight excluding hydrogens is 290 g/mol. The van der Waals surface area contributed by atoms with Gasteiger partial charge in [-0.2, -0.15) is 0 Å². The molecule has 0 bridgehead atoms. The molecule has 23 heavy (non-hydrogen) atoms. The van der Waals surface area contributed by atoms with E-state index in [4.69, 9.17) is 10.5 Å². The average molecular weight is 321 g/mol. The highest BCUT2D eigenvalue weighted by atomic mass is 16.6. The van der Waals surface area contributed by atoms with E-state index in [1.54, 1.807) is 0 Å². The van der Waals surface area contributed by atoms with Gasteiger partial charge in [-0.15, -0.1) is 0 Å². The summed E-state index contributed by atoms with van der Waals surface area (Å²) >= 11 is 0. The minimum Gasteiger partial charge on any atom is -0.444 e. The predicted molar refractivity (Wildman–Crippen MR) is 94.2 cm³/mol. The number of hydrogen-bond donors (Lipinski definition) is 2. The minimum atomic E-state index is -0.472. The Labute approximate surface area is 140 Å². The van der Waals surface area contributed by atoms with E-state index in [0.717, 1.165) is 19.5 Å². The number of nitrogens with two attached hydrogens (primary N) is 1. The zero-order chi connectivity index (χ0) is 17.3. The monoisotopic (exact) mass is 321 g/mol. The van der Waals surface area contributed by atoms with Crippen LogP contribution in [0, 0.1) is 0 Å². The van der Waals surface area contributed by atoms with Crippen molar-refractivity contribution in [2.45, 2.75) is 52.3 Å². The molecule has 5 heteroatoms. The number of nitrogens with one attached hydrogen (secondary N) is 1. The SMILES string of the molecule is CCN(Cc1ccccc1)C(CN)CCNC(=O)OC(C)(C)C. The van der Waals surface area contributed by atoms with Gasteiger partial charge in [0.1, 0.15) is 5.60 Å². The molecule has 1 unspecified atom stereocenters. The van der Waals surface area contributed by atoms with Crippen LogP contribution in [0.5, 0.6) is 0 Å². The predicted octanol–water partition coefficient (Wildman–Crippen LogP) is 2.75. The Balaban J connectivity index is 2.46. The summed E-state index contributed by atoms with van der Waals surface area (Å²) in [5.74, 6) is 0. The summed E-state index contributed by atoms with van der Waals surface area (Å²) in [6.45, 7) is 10.6. The number of ether oxygens (including phenoxy) is 1. The van der Waals surface area contributed by atoms with Crippen molar-refractivity contribution in [3.8, 4) is 0 Å². The molecule has 0 aromatic heterocycles. The Morgan fingerprint density at radius 3 is 2.48 bits per heavy atom. The third-order valence-electron chi connectivity index (χ3n) is 3.57. The molecular formula is C18H31N3O2. The number of benzene rings is 1. The van der Waals surface area contributed by atoms with Crippen LogP contribution in [-0.2, 0) is 11.3 Å². The van der Waals surface area contributed by atoms with Crippen molar-refractivity contribution >= 4 is 6.09 Å². The van der Waals surface area contributed by atoms with Crippen LogP contribution in [0.15, 0.2) is 30.3 Å². The molecule has 0 saturated heterocycles. The Kier molecular flexibility index (Phi) is 8.06. The summed E-state index contributed by atoms with van der Waals surface area (Å²) in [6.07, 6.45) is 0.426. The highest BCUT2D eigenvalue weighted by molar-refractivity contribution is 5.67.